The van der Waals surface area contributed by atoms with Crippen LogP contribution in [0, 0.1) is 13.8 Å². The summed E-state index contributed by atoms with van der Waals surface area (Å²) in [5, 5.41) is 5.41. The molecule has 1 amide bonds. The van der Waals surface area contributed by atoms with Crippen molar-refractivity contribution < 1.29 is 4.79 Å². The lowest BCUT2D eigenvalue weighted by atomic mass is 10.1. The number of benzene rings is 1. The molecule has 1 heterocycles. The fourth-order valence-electron chi connectivity index (χ4n) is 1.80. The maximum absolute atomic E-state index is 11.7. The van der Waals surface area contributed by atoms with Crippen LogP contribution in [0.2, 0.25) is 0 Å². The second kappa shape index (κ2) is 3.90. The Bertz CT molecular complexity index is 473. The number of hydrogen-bond acceptors (Lipinski definition) is 3. The Morgan fingerprint density at radius 2 is 2.12 bits per heavy atom. The number of carbonyl (C=O) groups is 1. The van der Waals surface area contributed by atoms with E-state index in [1.807, 2.05) is 26.0 Å². The lowest BCUT2D eigenvalue weighted by Gasteiger charge is -2.17. The summed E-state index contributed by atoms with van der Waals surface area (Å²) in [7, 11) is 0. The second-order valence-electron chi connectivity index (χ2n) is 3.89. The molecule has 0 spiro atoms. The largest absolute Gasteiger partial charge is 0.385 e. The summed E-state index contributed by atoms with van der Waals surface area (Å²) in [6.07, 6.45) is 0.194. The summed E-state index contributed by atoms with van der Waals surface area (Å²) < 4.78 is 0.858. The fraction of sp³-hybridized carbons (Fsp3) is 0.273. The van der Waals surface area contributed by atoms with Crippen LogP contribution in [0.5, 0.6) is 0 Å². The van der Waals surface area contributed by atoms with Crippen molar-refractivity contribution in [2.45, 2.75) is 20.3 Å². The van der Waals surface area contributed by atoms with Gasteiger partial charge in [0, 0.05) is 4.47 Å². The van der Waals surface area contributed by atoms with Crippen molar-refractivity contribution in [3.8, 4) is 0 Å². The lowest BCUT2D eigenvalue weighted by Crippen LogP contribution is -2.21. The van der Waals surface area contributed by atoms with Gasteiger partial charge in [0.2, 0.25) is 0 Å². The van der Waals surface area contributed by atoms with Crippen LogP contribution in [0.15, 0.2) is 21.7 Å². The van der Waals surface area contributed by atoms with Gasteiger partial charge in [0.15, 0.2) is 0 Å². The van der Waals surface area contributed by atoms with Crippen molar-refractivity contribution in [1.29, 1.82) is 0 Å². The maximum Gasteiger partial charge on any atom is 0.255 e. The average molecular weight is 282 g/mol. The molecular formula is C11H12BrN3O. The number of rotatable bonds is 1. The molecular weight excluding hydrogens is 270 g/mol. The Kier molecular flexibility index (Phi) is 2.71. The zero-order chi connectivity index (χ0) is 11.9. The van der Waals surface area contributed by atoms with Crippen LogP contribution < -0.4 is 10.7 Å². The van der Waals surface area contributed by atoms with E-state index in [1.54, 1.807) is 0 Å². The van der Waals surface area contributed by atoms with Crippen LogP contribution >= 0.6 is 15.9 Å². The molecule has 1 aromatic carbocycles. The lowest BCUT2D eigenvalue weighted by molar-refractivity contribution is -0.116. The van der Waals surface area contributed by atoms with Crippen LogP contribution in [0.3, 0.4) is 0 Å². The molecule has 0 unspecified atom stereocenters. The minimum absolute atomic E-state index is 0.0925. The van der Waals surface area contributed by atoms with Gasteiger partial charge in [-0.25, -0.2) is 0 Å². The van der Waals surface area contributed by atoms with Crippen molar-refractivity contribution in [3.05, 3.63) is 27.7 Å². The predicted molar refractivity (Wildman–Crippen MR) is 67.3 cm³/mol. The highest BCUT2D eigenvalue weighted by atomic mass is 79.9. The standard InChI is InChI=1S/C11H12BrN3O/c1-6-3-7(2)11(8(12)4-6)15-10(16)5-9(13)14-15/h3-4H,5H2,1-2H3,(H2,13,14). The van der Waals surface area contributed by atoms with Crippen molar-refractivity contribution in [1.82, 2.24) is 0 Å². The number of amides is 1. The molecule has 0 saturated heterocycles. The monoisotopic (exact) mass is 281 g/mol. The first-order valence-electron chi connectivity index (χ1n) is 4.91. The van der Waals surface area contributed by atoms with E-state index < -0.39 is 0 Å². The first-order chi connectivity index (χ1) is 7.49. The number of hydrogen-bond donors (Lipinski definition) is 1. The van der Waals surface area contributed by atoms with Crippen molar-refractivity contribution in [2.24, 2.45) is 10.8 Å². The molecule has 1 aliphatic rings. The summed E-state index contributed by atoms with van der Waals surface area (Å²) in [6, 6.07) is 3.97. The van der Waals surface area contributed by atoms with Gasteiger partial charge in [-0.15, -0.1) is 0 Å². The minimum atomic E-state index is -0.0925. The highest BCUT2D eigenvalue weighted by molar-refractivity contribution is 9.10. The topological polar surface area (TPSA) is 58.7 Å². The second-order valence-corrected chi connectivity index (χ2v) is 4.74. The quantitative estimate of drug-likeness (QED) is 0.857. The number of nitrogens with two attached hydrogens (primary N) is 1. The zero-order valence-electron chi connectivity index (χ0n) is 9.12. The number of hydrazone groups is 1. The van der Waals surface area contributed by atoms with Gasteiger partial charge in [-0.2, -0.15) is 10.1 Å². The van der Waals surface area contributed by atoms with Crippen LogP contribution in [0.1, 0.15) is 17.5 Å². The third-order valence-electron chi connectivity index (χ3n) is 2.41. The third-order valence-corrected chi connectivity index (χ3v) is 3.01. The van der Waals surface area contributed by atoms with Crippen molar-refractivity contribution in [3.63, 3.8) is 0 Å². The number of nitrogens with zero attached hydrogens (tertiary/aromatic N) is 2. The Morgan fingerprint density at radius 3 is 2.62 bits per heavy atom. The first kappa shape index (κ1) is 11.1. The van der Waals surface area contributed by atoms with Gasteiger partial charge in [0.25, 0.3) is 5.91 Å². The smallest absolute Gasteiger partial charge is 0.255 e. The Labute approximate surface area is 102 Å². The molecule has 0 atom stereocenters. The number of anilines is 1. The van der Waals surface area contributed by atoms with Crippen LogP contribution in [0.4, 0.5) is 5.69 Å². The highest BCUT2D eigenvalue weighted by Crippen LogP contribution is 2.33. The van der Waals surface area contributed by atoms with E-state index in [-0.39, 0.29) is 12.3 Å². The van der Waals surface area contributed by atoms with Gasteiger partial charge in [-0.1, -0.05) is 6.07 Å². The molecule has 1 aliphatic heterocycles. The molecule has 0 aromatic heterocycles. The highest BCUT2D eigenvalue weighted by Gasteiger charge is 2.26. The zero-order valence-corrected chi connectivity index (χ0v) is 10.7. The van der Waals surface area contributed by atoms with Crippen LogP contribution in [0.25, 0.3) is 0 Å². The number of amidine groups is 1. The molecule has 0 bridgehead atoms. The molecule has 2 rings (SSSR count). The molecule has 0 fully saturated rings. The molecule has 5 heteroatoms. The van der Waals surface area contributed by atoms with Gasteiger partial charge in [-0.05, 0) is 47.0 Å². The van der Waals surface area contributed by atoms with E-state index in [0.29, 0.717) is 5.84 Å². The fourth-order valence-corrected chi connectivity index (χ4v) is 2.64. The summed E-state index contributed by atoms with van der Waals surface area (Å²) in [5.74, 6) is 0.266. The Morgan fingerprint density at radius 1 is 1.44 bits per heavy atom. The van der Waals surface area contributed by atoms with Crippen molar-refractivity contribution >= 4 is 33.4 Å². The summed E-state index contributed by atoms with van der Waals surface area (Å²) in [5.41, 5.74) is 8.46. The summed E-state index contributed by atoms with van der Waals surface area (Å²) >= 11 is 3.45. The SMILES string of the molecule is Cc1cc(C)c(N2N=C(N)CC2=O)c(Br)c1. The number of carbonyl (C=O) groups excluding carboxylic acids is 1. The van der Waals surface area contributed by atoms with Gasteiger partial charge in [0.05, 0.1) is 12.1 Å². The van der Waals surface area contributed by atoms with Crippen LogP contribution in [-0.2, 0) is 4.79 Å². The predicted octanol–water partition coefficient (Wildman–Crippen LogP) is 2.07. The van der Waals surface area contributed by atoms with Gasteiger partial charge in [0.1, 0.15) is 5.84 Å². The molecule has 0 saturated carbocycles. The number of halogens is 1. The van der Waals surface area contributed by atoms with Gasteiger partial charge >= 0.3 is 0 Å². The van der Waals surface area contributed by atoms with E-state index in [9.17, 15) is 4.79 Å². The normalized spacial score (nSPS) is 15.6. The van der Waals surface area contributed by atoms with E-state index in [1.165, 1.54) is 5.01 Å². The van der Waals surface area contributed by atoms with E-state index in [4.69, 9.17) is 5.73 Å². The van der Waals surface area contributed by atoms with E-state index >= 15 is 0 Å². The molecule has 1 aromatic rings. The Hall–Kier alpha value is -1.36. The average Bonchev–Trinajstić information content (AvgIpc) is 2.43. The van der Waals surface area contributed by atoms with Gasteiger partial charge < -0.3 is 5.73 Å². The molecule has 2 N–H and O–H groups in total. The molecule has 0 aliphatic carbocycles. The van der Waals surface area contributed by atoms with E-state index in [2.05, 4.69) is 21.0 Å². The molecule has 0 radical (unpaired) electrons. The molecule has 16 heavy (non-hydrogen) atoms. The summed E-state index contributed by atoms with van der Waals surface area (Å²) in [4.78, 5) is 11.7. The van der Waals surface area contributed by atoms with E-state index in [0.717, 1.165) is 21.3 Å². The Balaban J connectivity index is 2.53. The third kappa shape index (κ3) is 1.82. The van der Waals surface area contributed by atoms with Crippen LogP contribution in [-0.4, -0.2) is 11.7 Å². The maximum atomic E-state index is 11.7. The van der Waals surface area contributed by atoms with Gasteiger partial charge in [-0.3, -0.25) is 4.79 Å². The molecule has 84 valence electrons. The van der Waals surface area contributed by atoms with Crippen molar-refractivity contribution in [2.75, 3.05) is 5.01 Å². The first-order valence-corrected chi connectivity index (χ1v) is 5.71. The molecule has 4 nitrogen and oxygen atoms in total. The summed E-state index contributed by atoms with van der Waals surface area (Å²) in [6.45, 7) is 3.95. The number of aryl methyl sites for hydroxylation is 2. The minimum Gasteiger partial charge on any atom is -0.385 e.